The zero-order chi connectivity index (χ0) is 16.8. The van der Waals surface area contributed by atoms with E-state index in [-0.39, 0.29) is 0 Å². The van der Waals surface area contributed by atoms with Gasteiger partial charge in [-0.3, -0.25) is 0 Å². The van der Waals surface area contributed by atoms with Crippen LogP contribution in [0.5, 0.6) is 0 Å². The van der Waals surface area contributed by atoms with E-state index in [1.165, 1.54) is 68.9 Å². The van der Waals surface area contributed by atoms with Crippen molar-refractivity contribution in [3.05, 3.63) is 58.1 Å². The summed E-state index contributed by atoms with van der Waals surface area (Å²) in [5.74, 6) is 0.914. The summed E-state index contributed by atoms with van der Waals surface area (Å²) >= 11 is 3.52. The molecule has 0 spiro atoms. The van der Waals surface area contributed by atoms with Gasteiger partial charge in [0.15, 0.2) is 0 Å². The second-order valence-corrected chi connectivity index (χ2v) is 8.22. The Morgan fingerprint density at radius 2 is 1.62 bits per heavy atom. The molecule has 1 aliphatic carbocycles. The fourth-order valence-corrected chi connectivity index (χ4v) is 4.20. The number of benzene rings is 2. The molecule has 0 radical (unpaired) electrons. The molecule has 1 atom stereocenters. The molecule has 1 unspecified atom stereocenters. The third-order valence-electron chi connectivity index (χ3n) is 5.43. The molecular formula is C23H29Br. The molecular weight excluding hydrogens is 356 g/mol. The smallest absolute Gasteiger partial charge is 0.0175 e. The van der Waals surface area contributed by atoms with Gasteiger partial charge in [-0.2, -0.15) is 0 Å². The Hall–Kier alpha value is -1.08. The van der Waals surface area contributed by atoms with E-state index in [1.807, 2.05) is 0 Å². The fourth-order valence-electron chi connectivity index (χ4n) is 3.94. The standard InChI is InChI=1S/C23H29Br/c1-2-3-4-5-6-7-18-8-9-22-17-21(11-10-20(22)16-18)19-12-14-23(24)15-13-19/h10-15,17-18H,2-9,16H2,1H3. The van der Waals surface area contributed by atoms with Crippen molar-refractivity contribution in [2.24, 2.45) is 5.92 Å². The highest BCUT2D eigenvalue weighted by molar-refractivity contribution is 9.10. The average Bonchev–Trinajstić information content (AvgIpc) is 2.62. The predicted octanol–water partition coefficient (Wildman–Crippen LogP) is 7.58. The Bertz CT molecular complexity index is 642. The Morgan fingerprint density at radius 3 is 2.42 bits per heavy atom. The fraction of sp³-hybridized carbons (Fsp3) is 0.478. The molecule has 0 fully saturated rings. The maximum absolute atomic E-state index is 3.52. The van der Waals surface area contributed by atoms with Crippen molar-refractivity contribution < 1.29 is 0 Å². The van der Waals surface area contributed by atoms with E-state index in [4.69, 9.17) is 0 Å². The van der Waals surface area contributed by atoms with Crippen molar-refractivity contribution >= 4 is 15.9 Å². The van der Waals surface area contributed by atoms with Crippen molar-refractivity contribution in [2.75, 3.05) is 0 Å². The van der Waals surface area contributed by atoms with Crippen molar-refractivity contribution in [3.8, 4) is 11.1 Å². The summed E-state index contributed by atoms with van der Waals surface area (Å²) in [5.41, 5.74) is 5.86. The summed E-state index contributed by atoms with van der Waals surface area (Å²) in [7, 11) is 0. The summed E-state index contributed by atoms with van der Waals surface area (Å²) in [4.78, 5) is 0. The predicted molar refractivity (Wildman–Crippen MR) is 108 cm³/mol. The van der Waals surface area contributed by atoms with Crippen LogP contribution < -0.4 is 0 Å². The van der Waals surface area contributed by atoms with Gasteiger partial charge in [0.25, 0.3) is 0 Å². The van der Waals surface area contributed by atoms with Gasteiger partial charge in [0.2, 0.25) is 0 Å². The lowest BCUT2D eigenvalue weighted by atomic mass is 9.80. The van der Waals surface area contributed by atoms with Gasteiger partial charge < -0.3 is 0 Å². The maximum atomic E-state index is 3.52. The monoisotopic (exact) mass is 384 g/mol. The summed E-state index contributed by atoms with van der Waals surface area (Å²) in [5, 5.41) is 0. The molecule has 0 heterocycles. The quantitative estimate of drug-likeness (QED) is 0.431. The Morgan fingerprint density at radius 1 is 0.875 bits per heavy atom. The molecule has 0 amide bonds. The molecule has 1 aliphatic rings. The van der Waals surface area contributed by atoms with Crippen molar-refractivity contribution in [1.29, 1.82) is 0 Å². The number of fused-ring (bicyclic) bond motifs is 1. The highest BCUT2D eigenvalue weighted by Gasteiger charge is 2.18. The molecule has 24 heavy (non-hydrogen) atoms. The first-order valence-electron chi connectivity index (χ1n) is 9.64. The molecule has 2 aromatic rings. The zero-order valence-corrected chi connectivity index (χ0v) is 16.4. The third kappa shape index (κ3) is 4.72. The van der Waals surface area contributed by atoms with Crippen LogP contribution in [0.2, 0.25) is 0 Å². The Kier molecular flexibility index (Phi) is 6.54. The zero-order valence-electron chi connectivity index (χ0n) is 14.9. The van der Waals surface area contributed by atoms with E-state index < -0.39 is 0 Å². The van der Waals surface area contributed by atoms with E-state index in [0.29, 0.717) is 0 Å². The van der Waals surface area contributed by atoms with Crippen LogP contribution >= 0.6 is 15.9 Å². The molecule has 0 aromatic heterocycles. The topological polar surface area (TPSA) is 0 Å². The number of aryl methyl sites for hydroxylation is 1. The highest BCUT2D eigenvalue weighted by atomic mass is 79.9. The SMILES string of the molecule is CCCCCCCC1CCc2cc(-c3ccc(Br)cc3)ccc2C1. The van der Waals surface area contributed by atoms with Crippen molar-refractivity contribution in [3.63, 3.8) is 0 Å². The normalized spacial score (nSPS) is 16.8. The van der Waals surface area contributed by atoms with Gasteiger partial charge in [-0.15, -0.1) is 0 Å². The van der Waals surface area contributed by atoms with E-state index in [9.17, 15) is 0 Å². The summed E-state index contributed by atoms with van der Waals surface area (Å²) in [6.45, 7) is 2.29. The van der Waals surface area contributed by atoms with Crippen LogP contribution in [0.15, 0.2) is 46.9 Å². The van der Waals surface area contributed by atoms with E-state index in [0.717, 1.165) is 10.4 Å². The van der Waals surface area contributed by atoms with Gasteiger partial charge in [0.05, 0.1) is 0 Å². The summed E-state index contributed by atoms with van der Waals surface area (Å²) < 4.78 is 1.14. The first-order valence-corrected chi connectivity index (χ1v) is 10.4. The van der Waals surface area contributed by atoms with E-state index in [2.05, 4.69) is 65.3 Å². The number of hydrogen-bond donors (Lipinski definition) is 0. The minimum absolute atomic E-state index is 0.914. The number of hydrogen-bond acceptors (Lipinski definition) is 0. The van der Waals surface area contributed by atoms with Crippen molar-refractivity contribution in [1.82, 2.24) is 0 Å². The first kappa shape index (κ1) is 17.7. The van der Waals surface area contributed by atoms with Gasteiger partial charge in [0, 0.05) is 4.47 Å². The van der Waals surface area contributed by atoms with Crippen LogP contribution in [0, 0.1) is 5.92 Å². The third-order valence-corrected chi connectivity index (χ3v) is 5.96. The molecule has 128 valence electrons. The van der Waals surface area contributed by atoms with Crippen LogP contribution in [0.25, 0.3) is 11.1 Å². The van der Waals surface area contributed by atoms with Gasteiger partial charge in [-0.25, -0.2) is 0 Å². The second kappa shape index (κ2) is 8.85. The summed E-state index contributed by atoms with van der Waals surface area (Å²) in [6, 6.07) is 15.8. The number of unbranched alkanes of at least 4 members (excludes halogenated alkanes) is 4. The molecule has 0 N–H and O–H groups in total. The molecule has 0 saturated heterocycles. The van der Waals surface area contributed by atoms with Crippen LogP contribution in [0.1, 0.15) is 63.0 Å². The van der Waals surface area contributed by atoms with Crippen molar-refractivity contribution in [2.45, 2.75) is 64.7 Å². The minimum atomic E-state index is 0.914. The Balaban J connectivity index is 1.59. The molecule has 1 heteroatoms. The van der Waals surface area contributed by atoms with Gasteiger partial charge in [0.1, 0.15) is 0 Å². The average molecular weight is 385 g/mol. The van der Waals surface area contributed by atoms with Crippen LogP contribution in [0.3, 0.4) is 0 Å². The van der Waals surface area contributed by atoms with Gasteiger partial charge in [-0.05, 0) is 59.6 Å². The molecule has 0 aliphatic heterocycles. The van der Waals surface area contributed by atoms with Crippen LogP contribution in [-0.2, 0) is 12.8 Å². The van der Waals surface area contributed by atoms with Crippen LogP contribution in [-0.4, -0.2) is 0 Å². The molecule has 3 rings (SSSR count). The van der Waals surface area contributed by atoms with Crippen LogP contribution in [0.4, 0.5) is 0 Å². The lowest BCUT2D eigenvalue weighted by Crippen LogP contribution is -2.14. The lowest BCUT2D eigenvalue weighted by molar-refractivity contribution is 0.405. The second-order valence-electron chi connectivity index (χ2n) is 7.30. The highest BCUT2D eigenvalue weighted by Crippen LogP contribution is 2.32. The minimum Gasteiger partial charge on any atom is -0.0654 e. The molecule has 0 bridgehead atoms. The molecule has 0 nitrogen and oxygen atoms in total. The molecule has 2 aromatic carbocycles. The number of halogens is 1. The lowest BCUT2D eigenvalue weighted by Gasteiger charge is -2.25. The Labute approximate surface area is 155 Å². The van der Waals surface area contributed by atoms with E-state index >= 15 is 0 Å². The summed E-state index contributed by atoms with van der Waals surface area (Å²) in [6.07, 6.45) is 12.4. The number of rotatable bonds is 7. The largest absolute Gasteiger partial charge is 0.0654 e. The van der Waals surface area contributed by atoms with Gasteiger partial charge >= 0.3 is 0 Å². The van der Waals surface area contributed by atoms with Gasteiger partial charge in [-0.1, -0.05) is 91.7 Å². The first-order chi connectivity index (χ1) is 11.8. The maximum Gasteiger partial charge on any atom is 0.0175 e. The van der Waals surface area contributed by atoms with E-state index in [1.54, 1.807) is 11.1 Å². The molecule has 0 saturated carbocycles.